The summed E-state index contributed by atoms with van der Waals surface area (Å²) in [5, 5.41) is 8.94. The van der Waals surface area contributed by atoms with E-state index in [0.717, 1.165) is 18.4 Å². The third kappa shape index (κ3) is 4.81. The second kappa shape index (κ2) is 7.47. The lowest BCUT2D eigenvalue weighted by Gasteiger charge is -2.21. The Morgan fingerprint density at radius 2 is 1.63 bits per heavy atom. The monoisotopic (exact) mass is 286 g/mol. The van der Waals surface area contributed by atoms with Gasteiger partial charge in [-0.3, -0.25) is 4.72 Å². The second-order valence-corrected chi connectivity index (χ2v) is 6.03. The first-order valence-corrected chi connectivity index (χ1v) is 7.95. The summed E-state index contributed by atoms with van der Waals surface area (Å²) < 4.78 is 28.4. The minimum absolute atomic E-state index is 0.0508. The van der Waals surface area contributed by atoms with Crippen LogP contribution >= 0.6 is 0 Å². The summed E-state index contributed by atoms with van der Waals surface area (Å²) in [6.45, 7) is 4.88. The van der Waals surface area contributed by atoms with Crippen LogP contribution < -0.4 is 4.72 Å². The summed E-state index contributed by atoms with van der Waals surface area (Å²) in [6.07, 6.45) is 1.56. The normalized spacial score (nSPS) is 11.8. The molecule has 108 valence electrons. The number of aliphatic hydroxyl groups excluding tert-OH is 1. The molecule has 0 fully saturated rings. The molecule has 6 heteroatoms. The Morgan fingerprint density at radius 3 is 2.05 bits per heavy atom. The van der Waals surface area contributed by atoms with Gasteiger partial charge in [-0.15, -0.1) is 0 Å². The van der Waals surface area contributed by atoms with E-state index in [1.165, 1.54) is 4.31 Å². The van der Waals surface area contributed by atoms with E-state index in [-0.39, 0.29) is 6.61 Å². The maximum atomic E-state index is 12.2. The molecule has 0 aliphatic carbocycles. The van der Waals surface area contributed by atoms with E-state index in [2.05, 4.69) is 4.72 Å². The molecule has 1 aromatic carbocycles. The zero-order valence-electron chi connectivity index (χ0n) is 11.5. The molecule has 0 unspecified atom stereocenters. The van der Waals surface area contributed by atoms with Gasteiger partial charge < -0.3 is 5.11 Å². The zero-order valence-corrected chi connectivity index (χ0v) is 12.3. The van der Waals surface area contributed by atoms with Crippen molar-refractivity contribution in [1.29, 1.82) is 0 Å². The highest BCUT2D eigenvalue weighted by molar-refractivity contribution is 7.90. The van der Waals surface area contributed by atoms with Crippen LogP contribution in [0.1, 0.15) is 32.3 Å². The van der Waals surface area contributed by atoms with Gasteiger partial charge in [0.25, 0.3) is 0 Å². The quantitative estimate of drug-likeness (QED) is 0.767. The molecule has 0 bridgehead atoms. The molecule has 0 aromatic heterocycles. The van der Waals surface area contributed by atoms with Gasteiger partial charge in [-0.2, -0.15) is 12.7 Å². The van der Waals surface area contributed by atoms with Gasteiger partial charge in [-0.25, -0.2) is 0 Å². The van der Waals surface area contributed by atoms with Gasteiger partial charge in [0.2, 0.25) is 0 Å². The number of aliphatic hydroxyl groups is 1. The van der Waals surface area contributed by atoms with Gasteiger partial charge in [0.05, 0.1) is 6.61 Å². The Balaban J connectivity index is 2.81. The maximum Gasteiger partial charge on any atom is 0.301 e. The predicted octanol–water partition coefficient (Wildman–Crippen LogP) is 1.96. The summed E-state index contributed by atoms with van der Waals surface area (Å²) >= 11 is 0. The zero-order chi connectivity index (χ0) is 14.3. The molecule has 1 rings (SSSR count). The van der Waals surface area contributed by atoms with Crippen molar-refractivity contribution < 1.29 is 13.5 Å². The van der Waals surface area contributed by atoms with Gasteiger partial charge in [-0.1, -0.05) is 26.0 Å². The van der Waals surface area contributed by atoms with Crippen LogP contribution in [0.2, 0.25) is 0 Å². The van der Waals surface area contributed by atoms with Crippen LogP contribution in [0.4, 0.5) is 5.69 Å². The van der Waals surface area contributed by atoms with E-state index in [4.69, 9.17) is 5.11 Å². The molecule has 0 heterocycles. The van der Waals surface area contributed by atoms with E-state index < -0.39 is 10.2 Å². The van der Waals surface area contributed by atoms with Crippen LogP contribution in [0.3, 0.4) is 0 Å². The van der Waals surface area contributed by atoms with Crippen molar-refractivity contribution in [3.05, 3.63) is 29.8 Å². The van der Waals surface area contributed by atoms with Crippen LogP contribution in [0, 0.1) is 0 Å². The highest BCUT2D eigenvalue weighted by Gasteiger charge is 2.19. The van der Waals surface area contributed by atoms with Crippen LogP contribution in [0.25, 0.3) is 0 Å². The molecular weight excluding hydrogens is 264 g/mol. The lowest BCUT2D eigenvalue weighted by atomic mass is 10.2. The van der Waals surface area contributed by atoms with Crippen molar-refractivity contribution in [3.63, 3.8) is 0 Å². The van der Waals surface area contributed by atoms with E-state index in [9.17, 15) is 8.42 Å². The fourth-order valence-electron chi connectivity index (χ4n) is 1.74. The molecule has 0 saturated carbocycles. The average molecular weight is 286 g/mol. The average Bonchev–Trinajstić information content (AvgIpc) is 2.39. The Labute approximate surface area is 115 Å². The molecule has 0 aliphatic rings. The summed E-state index contributed by atoms with van der Waals surface area (Å²) in [4.78, 5) is 0. The standard InChI is InChI=1S/C13H22N2O3S/c1-3-9-15(10-4-2)19(17,18)14-13-7-5-12(11-16)6-8-13/h5-8,14,16H,3-4,9-11H2,1-2H3. The largest absolute Gasteiger partial charge is 0.392 e. The molecule has 1 aromatic rings. The van der Waals surface area contributed by atoms with Gasteiger partial charge in [0, 0.05) is 18.8 Å². The third-order valence-electron chi connectivity index (χ3n) is 2.67. The van der Waals surface area contributed by atoms with Crippen molar-refractivity contribution in [3.8, 4) is 0 Å². The minimum atomic E-state index is -3.50. The fraction of sp³-hybridized carbons (Fsp3) is 0.538. The Bertz CT molecular complexity index is 465. The van der Waals surface area contributed by atoms with E-state index in [1.54, 1.807) is 24.3 Å². The molecule has 0 amide bonds. The summed E-state index contributed by atoms with van der Waals surface area (Å²) in [6, 6.07) is 6.70. The SMILES string of the molecule is CCCN(CCC)S(=O)(=O)Nc1ccc(CO)cc1. The number of nitrogens with zero attached hydrogens (tertiary/aromatic N) is 1. The Morgan fingerprint density at radius 1 is 1.11 bits per heavy atom. The van der Waals surface area contributed by atoms with Crippen molar-refractivity contribution >= 4 is 15.9 Å². The third-order valence-corrected chi connectivity index (χ3v) is 4.21. The lowest BCUT2D eigenvalue weighted by Crippen LogP contribution is -2.37. The van der Waals surface area contributed by atoms with Crippen molar-refractivity contribution in [2.24, 2.45) is 0 Å². The number of benzene rings is 1. The number of hydrogen-bond acceptors (Lipinski definition) is 3. The summed E-state index contributed by atoms with van der Waals surface area (Å²) in [7, 11) is -3.50. The Hall–Kier alpha value is -1.11. The topological polar surface area (TPSA) is 69.6 Å². The first-order chi connectivity index (χ1) is 9.03. The van der Waals surface area contributed by atoms with Crippen molar-refractivity contribution in [2.75, 3.05) is 17.8 Å². The van der Waals surface area contributed by atoms with Crippen LogP contribution in [0.15, 0.2) is 24.3 Å². The number of anilines is 1. The van der Waals surface area contributed by atoms with E-state index >= 15 is 0 Å². The van der Waals surface area contributed by atoms with Crippen LogP contribution in [0.5, 0.6) is 0 Å². The molecule has 0 aliphatic heterocycles. The highest BCUT2D eigenvalue weighted by atomic mass is 32.2. The lowest BCUT2D eigenvalue weighted by molar-refractivity contribution is 0.282. The number of nitrogens with one attached hydrogen (secondary N) is 1. The van der Waals surface area contributed by atoms with Gasteiger partial charge in [0.15, 0.2) is 0 Å². The molecular formula is C13H22N2O3S. The first-order valence-electron chi connectivity index (χ1n) is 6.51. The molecule has 0 spiro atoms. The van der Waals surface area contributed by atoms with Crippen molar-refractivity contribution in [2.45, 2.75) is 33.3 Å². The molecule has 0 atom stereocenters. The second-order valence-electron chi connectivity index (χ2n) is 4.36. The molecule has 2 N–H and O–H groups in total. The Kier molecular flexibility index (Phi) is 6.27. The molecule has 0 saturated heterocycles. The van der Waals surface area contributed by atoms with Gasteiger partial charge in [0.1, 0.15) is 0 Å². The molecule has 0 radical (unpaired) electrons. The number of hydrogen-bond donors (Lipinski definition) is 2. The van der Waals surface area contributed by atoms with E-state index in [1.807, 2.05) is 13.8 Å². The van der Waals surface area contributed by atoms with Crippen LogP contribution in [-0.4, -0.2) is 30.9 Å². The van der Waals surface area contributed by atoms with Crippen molar-refractivity contribution in [1.82, 2.24) is 4.31 Å². The van der Waals surface area contributed by atoms with Gasteiger partial charge >= 0.3 is 10.2 Å². The summed E-state index contributed by atoms with van der Waals surface area (Å²) in [5.41, 5.74) is 1.26. The maximum absolute atomic E-state index is 12.2. The molecule has 5 nitrogen and oxygen atoms in total. The minimum Gasteiger partial charge on any atom is -0.392 e. The van der Waals surface area contributed by atoms with E-state index in [0.29, 0.717) is 18.8 Å². The smallest absolute Gasteiger partial charge is 0.301 e. The first kappa shape index (κ1) is 15.9. The summed E-state index contributed by atoms with van der Waals surface area (Å²) in [5.74, 6) is 0. The predicted molar refractivity (Wildman–Crippen MR) is 77.1 cm³/mol. The number of rotatable bonds is 8. The highest BCUT2D eigenvalue weighted by Crippen LogP contribution is 2.14. The van der Waals surface area contributed by atoms with Gasteiger partial charge in [-0.05, 0) is 30.5 Å². The fourth-order valence-corrected chi connectivity index (χ4v) is 3.15. The molecule has 19 heavy (non-hydrogen) atoms. The van der Waals surface area contributed by atoms with Crippen LogP contribution in [-0.2, 0) is 16.8 Å².